The van der Waals surface area contributed by atoms with E-state index in [-0.39, 0.29) is 11.5 Å². The summed E-state index contributed by atoms with van der Waals surface area (Å²) in [4.78, 5) is 14.4. The summed E-state index contributed by atoms with van der Waals surface area (Å²) in [5.41, 5.74) is 0.943. The van der Waals surface area contributed by atoms with Crippen LogP contribution >= 0.6 is 0 Å². The van der Waals surface area contributed by atoms with Gasteiger partial charge in [-0.25, -0.2) is 9.78 Å². The average Bonchev–Trinajstić information content (AvgIpc) is 2.78. The topological polar surface area (TPSA) is 87.1 Å². The quantitative estimate of drug-likeness (QED) is 0.824. The largest absolute Gasteiger partial charge is 0.476 e. The number of carbonyl (C=O) groups is 1. The van der Waals surface area contributed by atoms with Gasteiger partial charge in [-0.05, 0) is 24.3 Å². The molecule has 0 aliphatic rings. The molecule has 0 saturated carbocycles. The maximum absolute atomic E-state index is 10.8. The van der Waals surface area contributed by atoms with Crippen molar-refractivity contribution in [1.82, 2.24) is 4.98 Å². The van der Waals surface area contributed by atoms with E-state index in [1.54, 1.807) is 24.3 Å². The lowest BCUT2D eigenvalue weighted by Crippen LogP contribution is -1.98. The van der Waals surface area contributed by atoms with E-state index >= 15 is 0 Å². The summed E-state index contributed by atoms with van der Waals surface area (Å²) in [6.45, 7) is 0. The first-order valence-corrected chi connectivity index (χ1v) is 4.39. The Kier molecular flexibility index (Phi) is 2.40. The molecular weight excluding hydrogens is 208 g/mol. The molecule has 0 aliphatic carbocycles. The van der Waals surface area contributed by atoms with Crippen LogP contribution in [0, 0.1) is 11.3 Å². The summed E-state index contributed by atoms with van der Waals surface area (Å²) in [7, 11) is 0. The van der Waals surface area contributed by atoms with Crippen LogP contribution in [0.4, 0.5) is 0 Å². The predicted octanol–water partition coefficient (Wildman–Crippen LogP) is 1.91. The van der Waals surface area contributed by atoms with Gasteiger partial charge in [-0.1, -0.05) is 0 Å². The van der Waals surface area contributed by atoms with Gasteiger partial charge in [-0.3, -0.25) is 0 Å². The number of nitrogens with zero attached hydrogens (tertiary/aromatic N) is 2. The van der Waals surface area contributed by atoms with Gasteiger partial charge in [0.25, 0.3) is 0 Å². The van der Waals surface area contributed by atoms with Gasteiger partial charge in [0, 0.05) is 5.56 Å². The zero-order valence-electron chi connectivity index (χ0n) is 8.04. The molecule has 78 valence electrons. The Balaban J connectivity index is 2.47. The molecule has 1 N–H and O–H groups in total. The summed E-state index contributed by atoms with van der Waals surface area (Å²) in [6, 6.07) is 8.38. The third-order valence-corrected chi connectivity index (χ3v) is 2.05. The van der Waals surface area contributed by atoms with Crippen molar-refractivity contribution in [3.63, 3.8) is 0 Å². The van der Waals surface area contributed by atoms with Gasteiger partial charge in [0.05, 0.1) is 11.6 Å². The maximum Gasteiger partial charge on any atom is 0.358 e. The molecular formula is C11H6N2O3. The van der Waals surface area contributed by atoms with E-state index in [0.29, 0.717) is 11.1 Å². The second kappa shape index (κ2) is 3.87. The minimum Gasteiger partial charge on any atom is -0.476 e. The Morgan fingerprint density at radius 3 is 2.62 bits per heavy atom. The van der Waals surface area contributed by atoms with Crippen LogP contribution in [0.5, 0.6) is 0 Å². The first-order chi connectivity index (χ1) is 7.72. The van der Waals surface area contributed by atoms with Crippen molar-refractivity contribution in [3.8, 4) is 17.4 Å². The van der Waals surface area contributed by atoms with Crippen molar-refractivity contribution < 1.29 is 14.3 Å². The first kappa shape index (κ1) is 9.93. The highest BCUT2D eigenvalue weighted by Gasteiger charge is 2.16. The SMILES string of the molecule is N#Cc1ccc(-c2ocnc2C(=O)O)cc1. The number of nitriles is 1. The van der Waals surface area contributed by atoms with E-state index in [0.717, 1.165) is 6.39 Å². The molecule has 0 unspecified atom stereocenters. The van der Waals surface area contributed by atoms with Crippen molar-refractivity contribution in [2.75, 3.05) is 0 Å². The molecule has 1 aromatic carbocycles. The molecule has 0 amide bonds. The van der Waals surface area contributed by atoms with Crippen LogP contribution in [-0.2, 0) is 0 Å². The smallest absolute Gasteiger partial charge is 0.358 e. The third-order valence-electron chi connectivity index (χ3n) is 2.05. The van der Waals surface area contributed by atoms with E-state index in [4.69, 9.17) is 14.8 Å². The molecule has 0 saturated heterocycles. The monoisotopic (exact) mass is 214 g/mol. The summed E-state index contributed by atoms with van der Waals surface area (Å²) < 4.78 is 5.01. The van der Waals surface area contributed by atoms with Crippen LogP contribution in [0.15, 0.2) is 35.1 Å². The Morgan fingerprint density at radius 2 is 2.06 bits per heavy atom. The lowest BCUT2D eigenvalue weighted by molar-refractivity contribution is 0.0691. The molecule has 0 aliphatic heterocycles. The highest BCUT2D eigenvalue weighted by atomic mass is 16.4. The van der Waals surface area contributed by atoms with Crippen molar-refractivity contribution in [2.45, 2.75) is 0 Å². The van der Waals surface area contributed by atoms with Gasteiger partial charge in [-0.2, -0.15) is 5.26 Å². The van der Waals surface area contributed by atoms with Gasteiger partial charge >= 0.3 is 5.97 Å². The molecule has 0 spiro atoms. The minimum absolute atomic E-state index is 0.135. The normalized spacial score (nSPS) is 9.69. The number of carboxylic acids is 1. The molecule has 0 bridgehead atoms. The van der Waals surface area contributed by atoms with Gasteiger partial charge in [0.2, 0.25) is 0 Å². The standard InChI is InChI=1S/C11H6N2O3/c12-5-7-1-3-8(4-2-7)10-9(11(14)15)13-6-16-10/h1-4,6H,(H,14,15). The van der Waals surface area contributed by atoms with Crippen molar-refractivity contribution in [2.24, 2.45) is 0 Å². The molecule has 0 radical (unpaired) electrons. The molecule has 5 heteroatoms. The second-order valence-electron chi connectivity index (χ2n) is 3.02. The fourth-order valence-corrected chi connectivity index (χ4v) is 1.30. The molecule has 1 aromatic heterocycles. The van der Waals surface area contributed by atoms with Crippen molar-refractivity contribution in [1.29, 1.82) is 5.26 Å². The Hall–Kier alpha value is -2.61. The Labute approximate surface area is 90.6 Å². The molecule has 16 heavy (non-hydrogen) atoms. The number of rotatable bonds is 2. The van der Waals surface area contributed by atoms with Crippen LogP contribution in [0.2, 0.25) is 0 Å². The Morgan fingerprint density at radius 1 is 1.38 bits per heavy atom. The second-order valence-corrected chi connectivity index (χ2v) is 3.02. The van der Waals surface area contributed by atoms with E-state index in [1.165, 1.54) is 0 Å². The number of hydrogen-bond acceptors (Lipinski definition) is 4. The van der Waals surface area contributed by atoms with Crippen LogP contribution in [0.1, 0.15) is 16.1 Å². The number of oxazole rings is 1. The maximum atomic E-state index is 10.8. The van der Waals surface area contributed by atoms with Crippen LogP contribution in [0.3, 0.4) is 0 Å². The van der Waals surface area contributed by atoms with Gasteiger partial charge in [0.1, 0.15) is 0 Å². The highest BCUT2D eigenvalue weighted by molar-refractivity contribution is 5.92. The Bertz CT molecular complexity index is 564. The van der Waals surface area contributed by atoms with Crippen LogP contribution in [0.25, 0.3) is 11.3 Å². The number of aromatic nitrogens is 1. The molecule has 0 atom stereocenters. The van der Waals surface area contributed by atoms with Gasteiger partial charge in [0.15, 0.2) is 17.8 Å². The number of carboxylic acid groups (broad SMARTS) is 1. The van der Waals surface area contributed by atoms with E-state index in [2.05, 4.69) is 4.98 Å². The average molecular weight is 214 g/mol. The first-order valence-electron chi connectivity index (χ1n) is 4.39. The zero-order chi connectivity index (χ0) is 11.5. The highest BCUT2D eigenvalue weighted by Crippen LogP contribution is 2.23. The predicted molar refractivity (Wildman–Crippen MR) is 53.6 cm³/mol. The summed E-state index contributed by atoms with van der Waals surface area (Å²) in [5, 5.41) is 17.5. The summed E-state index contributed by atoms with van der Waals surface area (Å²) >= 11 is 0. The number of aromatic carboxylic acids is 1. The summed E-state index contributed by atoms with van der Waals surface area (Å²) in [5.74, 6) is -0.954. The van der Waals surface area contributed by atoms with Crippen LogP contribution < -0.4 is 0 Å². The van der Waals surface area contributed by atoms with E-state index in [1.807, 2.05) is 6.07 Å². The molecule has 0 fully saturated rings. The van der Waals surface area contributed by atoms with Crippen molar-refractivity contribution in [3.05, 3.63) is 41.9 Å². The molecule has 5 nitrogen and oxygen atoms in total. The van der Waals surface area contributed by atoms with Gasteiger partial charge in [-0.15, -0.1) is 0 Å². The van der Waals surface area contributed by atoms with Crippen LogP contribution in [-0.4, -0.2) is 16.1 Å². The fourth-order valence-electron chi connectivity index (χ4n) is 1.30. The lowest BCUT2D eigenvalue weighted by Gasteiger charge is -1.97. The van der Waals surface area contributed by atoms with E-state index < -0.39 is 5.97 Å². The number of benzene rings is 1. The van der Waals surface area contributed by atoms with E-state index in [9.17, 15) is 4.79 Å². The number of hydrogen-bond donors (Lipinski definition) is 1. The third kappa shape index (κ3) is 1.64. The summed E-state index contributed by atoms with van der Waals surface area (Å²) in [6.07, 6.45) is 1.08. The fraction of sp³-hybridized carbons (Fsp3) is 0. The minimum atomic E-state index is -1.15. The molecule has 2 aromatic rings. The van der Waals surface area contributed by atoms with Gasteiger partial charge < -0.3 is 9.52 Å². The zero-order valence-corrected chi connectivity index (χ0v) is 8.04. The molecule has 2 rings (SSSR count). The molecule has 1 heterocycles. The lowest BCUT2D eigenvalue weighted by atomic mass is 10.1. The van der Waals surface area contributed by atoms with Crippen molar-refractivity contribution >= 4 is 5.97 Å².